The van der Waals surface area contributed by atoms with Crippen LogP contribution in [0.1, 0.15) is 113 Å². The first kappa shape index (κ1) is 38.8. The fraction of sp³-hybridized carbons (Fsp3) is 0.578. The fourth-order valence-electron chi connectivity index (χ4n) is 11.9. The van der Waals surface area contributed by atoms with E-state index >= 15 is 0 Å². The number of hydrogen-bond acceptors (Lipinski definition) is 7. The van der Waals surface area contributed by atoms with Crippen LogP contribution in [-0.2, 0) is 11.3 Å². The van der Waals surface area contributed by atoms with Crippen molar-refractivity contribution < 1.29 is 30.0 Å². The number of aromatic nitrogens is 1. The van der Waals surface area contributed by atoms with Crippen LogP contribution >= 0.6 is 11.6 Å². The number of fused-ring (bicyclic) bond motifs is 6. The van der Waals surface area contributed by atoms with E-state index in [1.165, 1.54) is 0 Å². The van der Waals surface area contributed by atoms with Crippen LogP contribution in [0.3, 0.4) is 0 Å². The van der Waals surface area contributed by atoms with Gasteiger partial charge in [-0.05, 0) is 135 Å². The number of rotatable bonds is 8. The first-order chi connectivity index (χ1) is 25.6. The van der Waals surface area contributed by atoms with Gasteiger partial charge in [-0.15, -0.1) is 0 Å². The number of nitrogens with zero attached hydrogens (tertiary/aromatic N) is 1. The second kappa shape index (κ2) is 14.5. The molecule has 0 amide bonds. The van der Waals surface area contributed by atoms with Crippen LogP contribution in [-0.4, -0.2) is 55.0 Å². The second-order valence-corrected chi connectivity index (χ2v) is 18.1. The highest BCUT2D eigenvalue weighted by Crippen LogP contribution is 2.69. The number of ketones is 1. The quantitative estimate of drug-likeness (QED) is 0.115. The van der Waals surface area contributed by atoms with E-state index in [9.17, 15) is 30.0 Å². The Balaban J connectivity index is 1.05. The number of nitrogens with one attached hydrogen (secondary N) is 1. The molecule has 4 aliphatic rings. The van der Waals surface area contributed by atoms with Crippen LogP contribution in [0.5, 0.6) is 0 Å². The highest BCUT2D eigenvalue weighted by Gasteiger charge is 2.66. The molecule has 2 aromatic carbocycles. The van der Waals surface area contributed by atoms with Gasteiger partial charge in [-0.25, -0.2) is 0 Å². The zero-order chi connectivity index (χ0) is 38.7. The third-order valence-electron chi connectivity index (χ3n) is 14.8. The zero-order valence-electron chi connectivity index (χ0n) is 32.2. The molecule has 54 heavy (non-hydrogen) atoms. The maximum absolute atomic E-state index is 12.6. The number of aryl methyl sites for hydroxylation is 1. The van der Waals surface area contributed by atoms with Crippen LogP contribution in [0.15, 0.2) is 42.5 Å². The summed E-state index contributed by atoms with van der Waals surface area (Å²) in [6.07, 6.45) is 4.55. The SMILES string of the molecule is CC(=O)c1c(C)nc2ccccc2c1NCc1ccc(C#CC2(O)CCC3(C)C(CC(O)C4C3CC(O)C3(C)C(C(C)CCC(=O)O)CCC43)C2)c(Cl)c1. The van der Waals surface area contributed by atoms with Gasteiger partial charge < -0.3 is 25.7 Å². The van der Waals surface area contributed by atoms with E-state index in [4.69, 9.17) is 11.6 Å². The minimum atomic E-state index is -1.22. The second-order valence-electron chi connectivity index (χ2n) is 17.7. The number of pyridine rings is 1. The van der Waals surface area contributed by atoms with Crippen molar-refractivity contribution in [2.45, 2.75) is 117 Å². The number of carbonyl (C=O) groups is 2. The Labute approximate surface area is 324 Å². The van der Waals surface area contributed by atoms with E-state index in [1.54, 1.807) is 6.92 Å². The lowest BCUT2D eigenvalue weighted by Crippen LogP contribution is -2.63. The summed E-state index contributed by atoms with van der Waals surface area (Å²) < 4.78 is 0. The molecule has 288 valence electrons. The van der Waals surface area contributed by atoms with E-state index in [0.29, 0.717) is 60.5 Å². The van der Waals surface area contributed by atoms with Gasteiger partial charge >= 0.3 is 5.97 Å². The molecule has 0 radical (unpaired) electrons. The molecule has 0 aliphatic heterocycles. The lowest BCUT2D eigenvalue weighted by Gasteiger charge is -2.64. The standard InChI is InChI=1S/C45H55ClN2O6/c1-25(10-15-39(52)53)32-13-14-33-41-34(22-38(51)44(32,33)5)43(4)18-19-45(54,23-30(43)21-37(41)50)17-16-29-12-11-28(20-35(29)46)24-47-42-31-8-6-7-9-36(31)48-26(2)40(42)27(3)49/h6-9,11-12,20,25,30,32-34,37-38,41,50-51,54H,10,13-15,18-19,21-24H2,1-5H3,(H,47,48)(H,52,53). The summed E-state index contributed by atoms with van der Waals surface area (Å²) in [5.74, 6) is 6.42. The number of carboxylic acid groups (broad SMARTS) is 1. The Kier molecular flexibility index (Phi) is 10.4. The third kappa shape index (κ3) is 6.74. The maximum atomic E-state index is 12.6. The van der Waals surface area contributed by atoms with Gasteiger partial charge in [0.1, 0.15) is 5.60 Å². The number of aliphatic hydroxyl groups excluding tert-OH is 2. The molecule has 3 aromatic rings. The molecule has 11 atom stereocenters. The summed E-state index contributed by atoms with van der Waals surface area (Å²) in [5.41, 5.74) is 2.67. The molecular formula is C45H55ClN2O6. The van der Waals surface area contributed by atoms with Crippen LogP contribution < -0.4 is 5.32 Å². The normalized spacial score (nSPS) is 34.9. The highest BCUT2D eigenvalue weighted by molar-refractivity contribution is 6.31. The van der Waals surface area contributed by atoms with Gasteiger partial charge in [-0.1, -0.05) is 68.5 Å². The topological polar surface area (TPSA) is 140 Å². The molecule has 7 rings (SSSR count). The number of carbonyl (C=O) groups excluding carboxylic acids is 1. The van der Waals surface area contributed by atoms with Crippen LogP contribution in [0.25, 0.3) is 10.9 Å². The average Bonchev–Trinajstić information content (AvgIpc) is 3.48. The first-order valence-corrected chi connectivity index (χ1v) is 20.2. The Morgan fingerprint density at radius 1 is 1.07 bits per heavy atom. The van der Waals surface area contributed by atoms with E-state index in [-0.39, 0.29) is 58.5 Å². The Hall–Kier alpha value is -3.48. The lowest BCUT2D eigenvalue weighted by molar-refractivity contribution is -0.211. The Morgan fingerprint density at radius 3 is 2.56 bits per heavy atom. The molecule has 9 heteroatoms. The van der Waals surface area contributed by atoms with Gasteiger partial charge in [0.15, 0.2) is 5.78 Å². The predicted octanol–water partition coefficient (Wildman–Crippen LogP) is 8.20. The molecule has 1 aromatic heterocycles. The third-order valence-corrected chi connectivity index (χ3v) is 15.1. The smallest absolute Gasteiger partial charge is 0.303 e. The molecular weight excluding hydrogens is 700 g/mol. The summed E-state index contributed by atoms with van der Waals surface area (Å²) in [5, 5.41) is 49.8. The average molecular weight is 755 g/mol. The van der Waals surface area contributed by atoms with Crippen molar-refractivity contribution in [2.24, 2.45) is 46.3 Å². The Morgan fingerprint density at radius 2 is 1.83 bits per heavy atom. The van der Waals surface area contributed by atoms with Gasteiger partial charge in [-0.3, -0.25) is 14.6 Å². The molecule has 5 N–H and O–H groups in total. The number of anilines is 1. The number of aliphatic carboxylic acids is 1. The van der Waals surface area contributed by atoms with Gasteiger partial charge in [0.25, 0.3) is 0 Å². The van der Waals surface area contributed by atoms with E-state index in [1.807, 2.05) is 49.4 Å². The minimum Gasteiger partial charge on any atom is -0.481 e. The van der Waals surface area contributed by atoms with Crippen molar-refractivity contribution in [1.29, 1.82) is 0 Å². The molecule has 4 fully saturated rings. The molecule has 11 unspecified atom stereocenters. The maximum Gasteiger partial charge on any atom is 0.303 e. The van der Waals surface area contributed by atoms with Crippen molar-refractivity contribution in [3.63, 3.8) is 0 Å². The van der Waals surface area contributed by atoms with Crippen LogP contribution in [0.2, 0.25) is 5.02 Å². The fourth-order valence-corrected chi connectivity index (χ4v) is 12.2. The number of para-hydroxylation sites is 1. The van der Waals surface area contributed by atoms with E-state index < -0.39 is 23.8 Å². The van der Waals surface area contributed by atoms with E-state index in [0.717, 1.165) is 41.4 Å². The summed E-state index contributed by atoms with van der Waals surface area (Å²) in [6, 6.07) is 13.4. The molecule has 4 saturated carbocycles. The number of Topliss-reactive ketones (excluding diaryl/α,β-unsaturated/α-hetero) is 1. The molecule has 0 saturated heterocycles. The largest absolute Gasteiger partial charge is 0.481 e. The molecule has 1 heterocycles. The van der Waals surface area contributed by atoms with E-state index in [2.05, 4.69) is 42.9 Å². The minimum absolute atomic E-state index is 0.0527. The van der Waals surface area contributed by atoms with Gasteiger partial charge in [0.05, 0.1) is 39.7 Å². The first-order valence-electron chi connectivity index (χ1n) is 19.8. The summed E-state index contributed by atoms with van der Waals surface area (Å²) in [6.45, 7) is 10.5. The molecule has 0 bridgehead atoms. The van der Waals surface area contributed by atoms with Crippen molar-refractivity contribution in [2.75, 3.05) is 5.32 Å². The number of carboxylic acids is 1. The molecule has 8 nitrogen and oxygen atoms in total. The molecule has 0 spiro atoms. The Bertz CT molecular complexity index is 2020. The number of benzene rings is 2. The predicted molar refractivity (Wildman–Crippen MR) is 211 cm³/mol. The molecule has 4 aliphatic carbocycles. The van der Waals surface area contributed by atoms with Gasteiger partial charge in [-0.2, -0.15) is 0 Å². The van der Waals surface area contributed by atoms with Crippen molar-refractivity contribution >= 4 is 39.9 Å². The number of halogens is 1. The highest BCUT2D eigenvalue weighted by atomic mass is 35.5. The van der Waals surface area contributed by atoms with Gasteiger partial charge in [0, 0.05) is 23.9 Å². The van der Waals surface area contributed by atoms with Crippen molar-refractivity contribution in [3.8, 4) is 11.8 Å². The monoisotopic (exact) mass is 754 g/mol. The van der Waals surface area contributed by atoms with Crippen molar-refractivity contribution in [3.05, 3.63) is 69.9 Å². The summed E-state index contributed by atoms with van der Waals surface area (Å²) in [7, 11) is 0. The summed E-state index contributed by atoms with van der Waals surface area (Å²) >= 11 is 6.78. The van der Waals surface area contributed by atoms with Crippen LogP contribution in [0.4, 0.5) is 5.69 Å². The van der Waals surface area contributed by atoms with Crippen LogP contribution in [0, 0.1) is 65.1 Å². The lowest BCUT2D eigenvalue weighted by atomic mass is 9.42. The van der Waals surface area contributed by atoms with Gasteiger partial charge in [0.2, 0.25) is 0 Å². The summed E-state index contributed by atoms with van der Waals surface area (Å²) in [4.78, 5) is 28.6. The number of hydrogen-bond donors (Lipinski definition) is 5. The van der Waals surface area contributed by atoms with Crippen molar-refractivity contribution in [1.82, 2.24) is 4.98 Å². The number of aliphatic hydroxyl groups is 3. The zero-order valence-corrected chi connectivity index (χ0v) is 32.9.